The molecule has 1 fully saturated rings. The highest BCUT2D eigenvalue weighted by Gasteiger charge is 2.13. The van der Waals surface area contributed by atoms with Gasteiger partial charge in [0.1, 0.15) is 0 Å². The lowest BCUT2D eigenvalue weighted by Gasteiger charge is -2.23. The first-order chi connectivity index (χ1) is 8.92. The van der Waals surface area contributed by atoms with Crippen LogP contribution in [-0.4, -0.2) is 42.3 Å². The number of nitrogens with one attached hydrogen (secondary N) is 2. The van der Waals surface area contributed by atoms with E-state index in [1.54, 1.807) is 0 Å². The van der Waals surface area contributed by atoms with Crippen LogP contribution in [0.5, 0.6) is 0 Å². The van der Waals surface area contributed by atoms with Gasteiger partial charge in [-0.1, -0.05) is 18.2 Å². The standard InChI is InChI=1S/C13H16N4O/c1-2-4-12-10(3-1)7-15-13(17-12)16-9-11-8-14-5-6-18-11/h1-4,7,11,14H,5-6,8-9H2,(H,15,16,17). The van der Waals surface area contributed by atoms with Crippen molar-refractivity contribution in [3.63, 3.8) is 0 Å². The number of hydrogen-bond donors (Lipinski definition) is 2. The van der Waals surface area contributed by atoms with E-state index in [1.165, 1.54) is 0 Å². The zero-order chi connectivity index (χ0) is 12.2. The van der Waals surface area contributed by atoms with Gasteiger partial charge in [-0.2, -0.15) is 0 Å². The fourth-order valence-electron chi connectivity index (χ4n) is 2.01. The molecule has 1 aliphatic heterocycles. The van der Waals surface area contributed by atoms with E-state index in [-0.39, 0.29) is 6.10 Å². The average Bonchev–Trinajstić information content (AvgIpc) is 2.46. The quantitative estimate of drug-likeness (QED) is 0.844. The molecule has 2 heterocycles. The van der Waals surface area contributed by atoms with E-state index in [0.717, 1.165) is 37.1 Å². The largest absolute Gasteiger partial charge is 0.374 e. The van der Waals surface area contributed by atoms with E-state index >= 15 is 0 Å². The van der Waals surface area contributed by atoms with Crippen molar-refractivity contribution in [2.75, 3.05) is 31.6 Å². The number of nitrogens with zero attached hydrogens (tertiary/aromatic N) is 2. The Labute approximate surface area is 106 Å². The Morgan fingerprint density at radius 1 is 1.39 bits per heavy atom. The van der Waals surface area contributed by atoms with Gasteiger partial charge in [-0.05, 0) is 6.07 Å². The molecule has 0 bridgehead atoms. The molecule has 0 aliphatic carbocycles. The summed E-state index contributed by atoms with van der Waals surface area (Å²) in [4.78, 5) is 8.75. The predicted octanol–water partition coefficient (Wildman–Crippen LogP) is 1.03. The Morgan fingerprint density at radius 2 is 2.33 bits per heavy atom. The van der Waals surface area contributed by atoms with Gasteiger partial charge in [0.2, 0.25) is 5.95 Å². The molecule has 1 atom stereocenters. The summed E-state index contributed by atoms with van der Waals surface area (Å²) in [6, 6.07) is 7.96. The highest BCUT2D eigenvalue weighted by Crippen LogP contribution is 2.11. The molecule has 1 unspecified atom stereocenters. The third-order valence-corrected chi connectivity index (χ3v) is 2.98. The van der Waals surface area contributed by atoms with Gasteiger partial charge < -0.3 is 15.4 Å². The van der Waals surface area contributed by atoms with Gasteiger partial charge in [0, 0.05) is 31.2 Å². The molecule has 2 N–H and O–H groups in total. The molecule has 1 aromatic carbocycles. The Morgan fingerprint density at radius 3 is 3.22 bits per heavy atom. The summed E-state index contributed by atoms with van der Waals surface area (Å²) in [5.41, 5.74) is 0.956. The second kappa shape index (κ2) is 5.29. The summed E-state index contributed by atoms with van der Waals surface area (Å²) in [5.74, 6) is 0.655. The van der Waals surface area contributed by atoms with Crippen molar-refractivity contribution in [1.29, 1.82) is 0 Å². The summed E-state index contributed by atoms with van der Waals surface area (Å²) in [6.45, 7) is 3.31. The maximum absolute atomic E-state index is 5.61. The van der Waals surface area contributed by atoms with E-state index in [0.29, 0.717) is 5.95 Å². The molecule has 5 nitrogen and oxygen atoms in total. The fraction of sp³-hybridized carbons (Fsp3) is 0.385. The van der Waals surface area contributed by atoms with Gasteiger partial charge in [-0.15, -0.1) is 0 Å². The van der Waals surface area contributed by atoms with Gasteiger partial charge in [0.25, 0.3) is 0 Å². The van der Waals surface area contributed by atoms with Gasteiger partial charge in [-0.3, -0.25) is 0 Å². The molecule has 2 aromatic rings. The van der Waals surface area contributed by atoms with Gasteiger partial charge in [-0.25, -0.2) is 9.97 Å². The Balaban J connectivity index is 1.66. The highest BCUT2D eigenvalue weighted by atomic mass is 16.5. The molecule has 94 valence electrons. The van der Waals surface area contributed by atoms with Crippen LogP contribution in [-0.2, 0) is 4.74 Å². The first-order valence-corrected chi connectivity index (χ1v) is 6.20. The topological polar surface area (TPSA) is 59.1 Å². The van der Waals surface area contributed by atoms with E-state index in [2.05, 4.69) is 20.6 Å². The molecule has 1 aliphatic rings. The maximum Gasteiger partial charge on any atom is 0.223 e. The molecule has 18 heavy (non-hydrogen) atoms. The lowest BCUT2D eigenvalue weighted by atomic mass is 10.2. The molecule has 0 amide bonds. The second-order valence-corrected chi connectivity index (χ2v) is 4.33. The van der Waals surface area contributed by atoms with Crippen LogP contribution in [0.3, 0.4) is 0 Å². The molecular formula is C13H16N4O. The third-order valence-electron chi connectivity index (χ3n) is 2.98. The molecule has 0 spiro atoms. The van der Waals surface area contributed by atoms with Crippen LogP contribution in [0.2, 0.25) is 0 Å². The third kappa shape index (κ3) is 2.57. The van der Waals surface area contributed by atoms with E-state index in [9.17, 15) is 0 Å². The van der Waals surface area contributed by atoms with Crippen LogP contribution in [0, 0.1) is 0 Å². The van der Waals surface area contributed by atoms with Crippen LogP contribution in [0.15, 0.2) is 30.5 Å². The number of ether oxygens (including phenoxy) is 1. The summed E-state index contributed by atoms with van der Waals surface area (Å²) < 4.78 is 5.61. The van der Waals surface area contributed by atoms with Crippen LogP contribution >= 0.6 is 0 Å². The second-order valence-electron chi connectivity index (χ2n) is 4.33. The van der Waals surface area contributed by atoms with Gasteiger partial charge in [0.15, 0.2) is 0 Å². The lowest BCUT2D eigenvalue weighted by molar-refractivity contribution is 0.0371. The number of morpholine rings is 1. The number of para-hydroxylation sites is 1. The minimum absolute atomic E-state index is 0.189. The van der Waals surface area contributed by atoms with E-state index in [4.69, 9.17) is 4.74 Å². The molecule has 3 rings (SSSR count). The molecule has 5 heteroatoms. The first kappa shape index (κ1) is 11.4. The zero-order valence-electron chi connectivity index (χ0n) is 10.1. The highest BCUT2D eigenvalue weighted by molar-refractivity contribution is 5.78. The van der Waals surface area contributed by atoms with Crippen molar-refractivity contribution in [3.05, 3.63) is 30.5 Å². The normalized spacial score (nSPS) is 19.9. The van der Waals surface area contributed by atoms with Crippen molar-refractivity contribution >= 4 is 16.9 Å². The monoisotopic (exact) mass is 244 g/mol. The molecular weight excluding hydrogens is 228 g/mol. The lowest BCUT2D eigenvalue weighted by Crippen LogP contribution is -2.42. The summed E-state index contributed by atoms with van der Waals surface area (Å²) in [6.07, 6.45) is 2.03. The number of aromatic nitrogens is 2. The molecule has 1 saturated heterocycles. The molecule has 0 radical (unpaired) electrons. The number of fused-ring (bicyclic) bond motifs is 1. The Kier molecular flexibility index (Phi) is 3.34. The first-order valence-electron chi connectivity index (χ1n) is 6.20. The Hall–Kier alpha value is -1.72. The smallest absolute Gasteiger partial charge is 0.223 e. The van der Waals surface area contributed by atoms with Crippen molar-refractivity contribution in [1.82, 2.24) is 15.3 Å². The minimum atomic E-state index is 0.189. The van der Waals surface area contributed by atoms with Crippen LogP contribution < -0.4 is 10.6 Å². The predicted molar refractivity (Wildman–Crippen MR) is 70.6 cm³/mol. The number of hydrogen-bond acceptors (Lipinski definition) is 5. The number of rotatable bonds is 3. The fourth-order valence-corrected chi connectivity index (χ4v) is 2.01. The molecule has 0 saturated carbocycles. The SMILES string of the molecule is c1ccc2nc(NCC3CNCCO3)ncc2c1. The maximum atomic E-state index is 5.61. The summed E-state index contributed by atoms with van der Waals surface area (Å²) in [7, 11) is 0. The summed E-state index contributed by atoms with van der Waals surface area (Å²) >= 11 is 0. The van der Waals surface area contributed by atoms with Crippen molar-refractivity contribution in [3.8, 4) is 0 Å². The van der Waals surface area contributed by atoms with Crippen LogP contribution in [0.1, 0.15) is 0 Å². The average molecular weight is 244 g/mol. The van der Waals surface area contributed by atoms with Crippen LogP contribution in [0.4, 0.5) is 5.95 Å². The van der Waals surface area contributed by atoms with Crippen molar-refractivity contribution < 1.29 is 4.74 Å². The van der Waals surface area contributed by atoms with Gasteiger partial charge >= 0.3 is 0 Å². The zero-order valence-corrected chi connectivity index (χ0v) is 10.1. The number of benzene rings is 1. The molecule has 1 aromatic heterocycles. The minimum Gasteiger partial charge on any atom is -0.374 e. The van der Waals surface area contributed by atoms with E-state index in [1.807, 2.05) is 30.5 Å². The van der Waals surface area contributed by atoms with Gasteiger partial charge in [0.05, 0.1) is 18.2 Å². The van der Waals surface area contributed by atoms with Crippen molar-refractivity contribution in [2.24, 2.45) is 0 Å². The Bertz CT molecular complexity index is 525. The van der Waals surface area contributed by atoms with Crippen LogP contribution in [0.25, 0.3) is 10.9 Å². The van der Waals surface area contributed by atoms with E-state index < -0.39 is 0 Å². The number of anilines is 1. The summed E-state index contributed by atoms with van der Waals surface area (Å²) in [5, 5.41) is 7.57. The van der Waals surface area contributed by atoms with Crippen molar-refractivity contribution in [2.45, 2.75) is 6.10 Å².